The Balaban J connectivity index is 1.78. The van der Waals surface area contributed by atoms with Gasteiger partial charge >= 0.3 is 0 Å². The van der Waals surface area contributed by atoms with Gasteiger partial charge in [0.15, 0.2) is 0 Å². The van der Waals surface area contributed by atoms with Crippen LogP contribution in [0, 0.1) is 0 Å². The van der Waals surface area contributed by atoms with Gasteiger partial charge in [-0.05, 0) is 0 Å². The summed E-state index contributed by atoms with van der Waals surface area (Å²) in [7, 11) is 1.85. The van der Waals surface area contributed by atoms with E-state index in [9.17, 15) is 0 Å². The molecule has 2 heterocycles. The summed E-state index contributed by atoms with van der Waals surface area (Å²) in [5, 5.41) is 16.1. The smallest absolute Gasteiger partial charge is 0.205 e. The topological polar surface area (TPSA) is 50.7 Å². The van der Waals surface area contributed by atoms with Crippen molar-refractivity contribution in [1.82, 2.24) is 15.2 Å². The fourth-order valence-corrected chi connectivity index (χ4v) is 3.29. The molecule has 0 atom stereocenters. The van der Waals surface area contributed by atoms with Crippen LogP contribution in [0.1, 0.15) is 10.0 Å². The van der Waals surface area contributed by atoms with E-state index in [2.05, 4.69) is 38.0 Å². The minimum Gasteiger partial charge on any atom is -0.363 e. The van der Waals surface area contributed by atoms with Gasteiger partial charge in [0.2, 0.25) is 5.13 Å². The van der Waals surface area contributed by atoms with Crippen LogP contribution in [0.15, 0.2) is 35.7 Å². The highest BCUT2D eigenvalue weighted by Gasteiger charge is 2.08. The molecule has 0 aliphatic carbocycles. The molecule has 19 heavy (non-hydrogen) atoms. The highest BCUT2D eigenvalue weighted by molar-refractivity contribution is 7.15. The maximum absolute atomic E-state index is 4.65. The number of benzene rings is 1. The highest BCUT2D eigenvalue weighted by Crippen LogP contribution is 2.24. The zero-order chi connectivity index (χ0) is 13.1. The third kappa shape index (κ3) is 2.80. The Bertz CT molecular complexity index is 660. The molecule has 0 aliphatic rings. The van der Waals surface area contributed by atoms with Crippen LogP contribution in [-0.2, 0) is 6.42 Å². The first-order valence-electron chi connectivity index (χ1n) is 5.85. The average Bonchev–Trinajstić information content (AvgIpc) is 3.09. The van der Waals surface area contributed by atoms with Gasteiger partial charge in [-0.1, -0.05) is 41.7 Å². The van der Waals surface area contributed by atoms with Crippen molar-refractivity contribution < 1.29 is 0 Å². The predicted molar refractivity (Wildman–Crippen MR) is 79.8 cm³/mol. The van der Waals surface area contributed by atoms with Crippen LogP contribution in [0.25, 0.3) is 11.3 Å². The molecular weight excluding hydrogens is 276 g/mol. The first-order valence-corrected chi connectivity index (χ1v) is 7.55. The SMILES string of the molecule is CNc1nnc(Cc2nc(-c3ccccc3)cs2)s1. The van der Waals surface area contributed by atoms with Crippen molar-refractivity contribution in [2.24, 2.45) is 0 Å². The summed E-state index contributed by atoms with van der Waals surface area (Å²) in [6, 6.07) is 10.2. The van der Waals surface area contributed by atoms with Crippen molar-refractivity contribution >= 4 is 27.8 Å². The van der Waals surface area contributed by atoms with Crippen LogP contribution >= 0.6 is 22.7 Å². The molecule has 96 valence electrons. The highest BCUT2D eigenvalue weighted by atomic mass is 32.1. The van der Waals surface area contributed by atoms with Crippen molar-refractivity contribution in [2.75, 3.05) is 12.4 Å². The van der Waals surface area contributed by atoms with Crippen molar-refractivity contribution in [2.45, 2.75) is 6.42 Å². The van der Waals surface area contributed by atoms with Crippen LogP contribution in [0.3, 0.4) is 0 Å². The number of nitrogens with zero attached hydrogens (tertiary/aromatic N) is 3. The molecule has 0 unspecified atom stereocenters. The summed E-state index contributed by atoms with van der Waals surface area (Å²) < 4.78 is 0. The summed E-state index contributed by atoms with van der Waals surface area (Å²) in [5.74, 6) is 0. The minimum absolute atomic E-state index is 0.747. The maximum atomic E-state index is 4.65. The Morgan fingerprint density at radius 1 is 1.11 bits per heavy atom. The average molecular weight is 288 g/mol. The third-order valence-electron chi connectivity index (χ3n) is 2.60. The molecule has 3 aromatic rings. The van der Waals surface area contributed by atoms with Gasteiger partial charge in [-0.2, -0.15) is 0 Å². The van der Waals surface area contributed by atoms with Crippen LogP contribution in [-0.4, -0.2) is 22.2 Å². The van der Waals surface area contributed by atoms with Crippen LogP contribution in [0.4, 0.5) is 5.13 Å². The molecule has 1 N–H and O–H groups in total. The largest absolute Gasteiger partial charge is 0.363 e. The van der Waals surface area contributed by atoms with Gasteiger partial charge in [0, 0.05) is 18.0 Å². The second-order valence-electron chi connectivity index (χ2n) is 3.92. The van der Waals surface area contributed by atoms with Gasteiger partial charge < -0.3 is 5.32 Å². The summed E-state index contributed by atoms with van der Waals surface area (Å²) in [6.45, 7) is 0. The lowest BCUT2D eigenvalue weighted by molar-refractivity contribution is 0.996. The van der Waals surface area contributed by atoms with Crippen LogP contribution < -0.4 is 5.32 Å². The standard InChI is InChI=1S/C13H12N4S2/c1-14-13-17-16-12(19-13)7-11-15-10(8-18-11)9-5-3-2-4-6-9/h2-6,8H,7H2,1H3,(H,14,17). The first kappa shape index (κ1) is 12.3. The molecular formula is C13H12N4S2. The third-order valence-corrected chi connectivity index (χ3v) is 4.39. The number of anilines is 1. The molecule has 0 radical (unpaired) electrons. The molecule has 3 rings (SSSR count). The number of thiazole rings is 1. The maximum Gasteiger partial charge on any atom is 0.205 e. The van der Waals surface area contributed by atoms with Gasteiger partial charge in [-0.25, -0.2) is 4.98 Å². The van der Waals surface area contributed by atoms with Crippen LogP contribution in [0.2, 0.25) is 0 Å². The Hall–Kier alpha value is -1.79. The van der Waals surface area contributed by atoms with E-state index < -0.39 is 0 Å². The zero-order valence-electron chi connectivity index (χ0n) is 10.3. The molecule has 0 bridgehead atoms. The quantitative estimate of drug-likeness (QED) is 0.800. The molecule has 2 aromatic heterocycles. The summed E-state index contributed by atoms with van der Waals surface area (Å²) in [5.41, 5.74) is 2.18. The van der Waals surface area contributed by atoms with Gasteiger partial charge in [-0.15, -0.1) is 21.5 Å². The first-order chi connectivity index (χ1) is 9.35. The van der Waals surface area contributed by atoms with Crippen molar-refractivity contribution in [3.05, 3.63) is 45.7 Å². The number of hydrogen-bond acceptors (Lipinski definition) is 6. The lowest BCUT2D eigenvalue weighted by Gasteiger charge is -1.94. The molecule has 1 aromatic carbocycles. The van der Waals surface area contributed by atoms with Crippen LogP contribution in [0.5, 0.6) is 0 Å². The normalized spacial score (nSPS) is 10.6. The fraction of sp³-hybridized carbons (Fsp3) is 0.154. The van der Waals surface area contributed by atoms with Gasteiger partial charge in [0.05, 0.1) is 12.1 Å². The Morgan fingerprint density at radius 2 is 1.95 bits per heavy atom. The lowest BCUT2D eigenvalue weighted by Crippen LogP contribution is -1.87. The number of rotatable bonds is 4. The molecule has 0 spiro atoms. The lowest BCUT2D eigenvalue weighted by atomic mass is 10.2. The summed E-state index contributed by atoms with van der Waals surface area (Å²) >= 11 is 3.23. The number of aromatic nitrogens is 3. The van der Waals surface area contributed by atoms with Crippen molar-refractivity contribution in [1.29, 1.82) is 0 Å². The van der Waals surface area contributed by atoms with E-state index in [0.717, 1.165) is 32.8 Å². The van der Waals surface area contributed by atoms with Gasteiger partial charge in [-0.3, -0.25) is 0 Å². The Morgan fingerprint density at radius 3 is 2.68 bits per heavy atom. The second kappa shape index (κ2) is 5.46. The second-order valence-corrected chi connectivity index (χ2v) is 5.92. The van der Waals surface area contributed by atoms with E-state index in [1.807, 2.05) is 25.2 Å². The van der Waals surface area contributed by atoms with E-state index in [-0.39, 0.29) is 0 Å². The molecule has 0 saturated carbocycles. The minimum atomic E-state index is 0.747. The Labute approximate surface area is 119 Å². The molecule has 0 fully saturated rings. The zero-order valence-corrected chi connectivity index (χ0v) is 12.0. The molecule has 0 saturated heterocycles. The van der Waals surface area contributed by atoms with Gasteiger partial charge in [0.25, 0.3) is 0 Å². The van der Waals surface area contributed by atoms with E-state index in [0.29, 0.717) is 0 Å². The molecule has 6 heteroatoms. The summed E-state index contributed by atoms with van der Waals surface area (Å²) in [4.78, 5) is 4.65. The predicted octanol–water partition coefficient (Wildman–Crippen LogP) is 3.29. The number of hydrogen-bond donors (Lipinski definition) is 1. The van der Waals surface area contributed by atoms with E-state index in [4.69, 9.17) is 0 Å². The van der Waals surface area contributed by atoms with Crippen molar-refractivity contribution in [3.8, 4) is 11.3 Å². The number of nitrogens with one attached hydrogen (secondary N) is 1. The molecule has 0 aliphatic heterocycles. The van der Waals surface area contributed by atoms with E-state index >= 15 is 0 Å². The summed E-state index contributed by atoms with van der Waals surface area (Å²) in [6.07, 6.45) is 0.747. The Kier molecular flexibility index (Phi) is 3.52. The molecule has 4 nitrogen and oxygen atoms in total. The van der Waals surface area contributed by atoms with E-state index in [1.54, 1.807) is 22.7 Å². The van der Waals surface area contributed by atoms with Gasteiger partial charge in [0.1, 0.15) is 10.0 Å². The van der Waals surface area contributed by atoms with E-state index in [1.165, 1.54) is 0 Å². The molecule has 0 amide bonds. The monoisotopic (exact) mass is 288 g/mol. The van der Waals surface area contributed by atoms with Crippen molar-refractivity contribution in [3.63, 3.8) is 0 Å². The fourth-order valence-electron chi connectivity index (χ4n) is 1.69.